The molecule has 0 saturated heterocycles. The molecule has 0 aromatic carbocycles. The smallest absolute Gasteiger partial charge is 0.0560 e. The van der Waals surface area contributed by atoms with E-state index in [0.29, 0.717) is 0 Å². The molecule has 0 radical (unpaired) electrons. The minimum Gasteiger partial charge on any atom is -0.377 e. The summed E-state index contributed by atoms with van der Waals surface area (Å²) < 4.78 is 1.45. The van der Waals surface area contributed by atoms with Crippen LogP contribution in [-0.4, -0.2) is 29.5 Å². The van der Waals surface area contributed by atoms with E-state index >= 15 is 0 Å². The zero-order valence-corrected chi connectivity index (χ0v) is 10.8. The van der Waals surface area contributed by atoms with Crippen LogP contribution >= 0.6 is 23.5 Å². The summed E-state index contributed by atoms with van der Waals surface area (Å²) in [5.41, 5.74) is 0. The van der Waals surface area contributed by atoms with Gasteiger partial charge >= 0.3 is 0 Å². The van der Waals surface area contributed by atoms with Crippen LogP contribution in [0.5, 0.6) is 0 Å². The highest BCUT2D eigenvalue weighted by Gasteiger charge is 1.99. The largest absolute Gasteiger partial charge is 0.377 e. The van der Waals surface area contributed by atoms with Crippen LogP contribution in [0.25, 0.3) is 0 Å². The van der Waals surface area contributed by atoms with Crippen LogP contribution in [0.1, 0.15) is 27.7 Å². The molecule has 13 heavy (non-hydrogen) atoms. The first-order chi connectivity index (χ1) is 6.28. The van der Waals surface area contributed by atoms with Gasteiger partial charge in [0.15, 0.2) is 0 Å². The monoisotopic (exact) mass is 219 g/mol. The topological polar surface area (TPSA) is 3.24 Å². The van der Waals surface area contributed by atoms with Gasteiger partial charge in [0, 0.05) is 19.3 Å². The second kappa shape index (κ2) is 8.82. The molecule has 0 amide bonds. The fourth-order valence-corrected chi connectivity index (χ4v) is 3.01. The minimum absolute atomic E-state index is 1.11. The lowest BCUT2D eigenvalue weighted by Gasteiger charge is -2.17. The van der Waals surface area contributed by atoms with E-state index in [1.54, 1.807) is 0 Å². The molecule has 0 saturated carbocycles. The molecule has 0 N–H and O–H groups in total. The molecule has 0 bridgehead atoms. The highest BCUT2D eigenvalue weighted by molar-refractivity contribution is 8.22. The molecule has 0 spiro atoms. The lowest BCUT2D eigenvalue weighted by atomic mass is 10.5. The fraction of sp³-hybridized carbons (Fsp3) is 0.800. The van der Waals surface area contributed by atoms with Crippen LogP contribution in [-0.2, 0) is 0 Å². The van der Waals surface area contributed by atoms with E-state index in [0.717, 1.165) is 13.1 Å². The van der Waals surface area contributed by atoms with Crippen molar-refractivity contribution in [2.45, 2.75) is 27.7 Å². The molecule has 0 fully saturated rings. The lowest BCUT2D eigenvalue weighted by molar-refractivity contribution is 0.419. The Morgan fingerprint density at radius 1 is 1.00 bits per heavy atom. The van der Waals surface area contributed by atoms with Crippen molar-refractivity contribution >= 4 is 23.5 Å². The predicted octanol–water partition coefficient (Wildman–Crippen LogP) is 3.63. The standard InChI is InChI=1S/C10H21NS2/c1-5-11(6-2)9-10(12-7-3)13-8-4/h9H,5-8H2,1-4H3. The van der Waals surface area contributed by atoms with Gasteiger partial charge in [-0.15, -0.1) is 23.5 Å². The van der Waals surface area contributed by atoms with Crippen molar-refractivity contribution in [2.24, 2.45) is 0 Å². The fourth-order valence-electron chi connectivity index (χ4n) is 0.956. The van der Waals surface area contributed by atoms with Gasteiger partial charge in [-0.05, 0) is 25.4 Å². The highest BCUT2D eigenvalue weighted by Crippen LogP contribution is 2.28. The molecular formula is C10H21NS2. The molecule has 0 aliphatic carbocycles. The number of hydrogen-bond donors (Lipinski definition) is 0. The van der Waals surface area contributed by atoms with Gasteiger partial charge in [0.05, 0.1) is 4.24 Å². The highest BCUT2D eigenvalue weighted by atomic mass is 32.2. The molecule has 0 rings (SSSR count). The summed E-state index contributed by atoms with van der Waals surface area (Å²) in [5.74, 6) is 2.33. The molecule has 1 nitrogen and oxygen atoms in total. The second-order valence-corrected chi connectivity index (χ2v) is 5.41. The van der Waals surface area contributed by atoms with Crippen molar-refractivity contribution < 1.29 is 0 Å². The van der Waals surface area contributed by atoms with Gasteiger partial charge in [-0.2, -0.15) is 0 Å². The molecular weight excluding hydrogens is 198 g/mol. The van der Waals surface area contributed by atoms with E-state index in [9.17, 15) is 0 Å². The quantitative estimate of drug-likeness (QED) is 0.644. The third kappa shape index (κ3) is 6.33. The molecule has 0 unspecified atom stereocenters. The molecule has 3 heteroatoms. The van der Waals surface area contributed by atoms with Gasteiger partial charge in [-0.1, -0.05) is 13.8 Å². The second-order valence-electron chi connectivity index (χ2n) is 2.54. The van der Waals surface area contributed by atoms with E-state index < -0.39 is 0 Å². The van der Waals surface area contributed by atoms with Gasteiger partial charge in [0.1, 0.15) is 0 Å². The Morgan fingerprint density at radius 2 is 1.46 bits per heavy atom. The van der Waals surface area contributed by atoms with E-state index in [4.69, 9.17) is 0 Å². The van der Waals surface area contributed by atoms with Crippen LogP contribution in [0.4, 0.5) is 0 Å². The Bertz CT molecular complexity index is 134. The molecule has 0 aromatic rings. The number of hydrogen-bond acceptors (Lipinski definition) is 3. The zero-order chi connectivity index (χ0) is 10.1. The molecule has 0 atom stereocenters. The van der Waals surface area contributed by atoms with Crippen molar-refractivity contribution in [3.05, 3.63) is 10.4 Å². The van der Waals surface area contributed by atoms with E-state index in [1.165, 1.54) is 15.7 Å². The van der Waals surface area contributed by atoms with Crippen LogP contribution in [0.2, 0.25) is 0 Å². The van der Waals surface area contributed by atoms with Gasteiger partial charge in [-0.3, -0.25) is 0 Å². The number of thioether (sulfide) groups is 2. The third-order valence-electron chi connectivity index (χ3n) is 1.67. The maximum atomic E-state index is 2.35. The van der Waals surface area contributed by atoms with E-state index in [1.807, 2.05) is 23.5 Å². The number of nitrogens with zero attached hydrogens (tertiary/aromatic N) is 1. The summed E-state index contributed by atoms with van der Waals surface area (Å²) in [5, 5.41) is 0. The Hall–Kier alpha value is 0.240. The summed E-state index contributed by atoms with van der Waals surface area (Å²) in [6, 6.07) is 0. The third-order valence-corrected chi connectivity index (χ3v) is 3.74. The average molecular weight is 219 g/mol. The van der Waals surface area contributed by atoms with Crippen LogP contribution in [0, 0.1) is 0 Å². The Balaban J connectivity index is 4.12. The van der Waals surface area contributed by atoms with Gasteiger partial charge < -0.3 is 4.90 Å². The first-order valence-corrected chi connectivity index (χ1v) is 6.96. The summed E-state index contributed by atoms with van der Waals surface area (Å²) in [6.07, 6.45) is 2.29. The summed E-state index contributed by atoms with van der Waals surface area (Å²) in [4.78, 5) is 2.35. The maximum absolute atomic E-state index is 2.35. The molecule has 0 aliphatic heterocycles. The zero-order valence-electron chi connectivity index (χ0n) is 9.17. The summed E-state index contributed by atoms with van der Waals surface area (Å²) in [7, 11) is 0. The predicted molar refractivity (Wildman–Crippen MR) is 67.3 cm³/mol. The molecule has 0 aromatic heterocycles. The first kappa shape index (κ1) is 13.2. The lowest BCUT2D eigenvalue weighted by Crippen LogP contribution is -2.15. The van der Waals surface area contributed by atoms with Crippen molar-refractivity contribution in [1.29, 1.82) is 0 Å². The molecule has 78 valence electrons. The minimum atomic E-state index is 1.11. The first-order valence-electron chi connectivity index (χ1n) is 4.99. The SMILES string of the molecule is CCSC(=CN(CC)CC)SCC. The van der Waals surface area contributed by atoms with Gasteiger partial charge in [0.2, 0.25) is 0 Å². The molecule has 0 aliphatic rings. The summed E-state index contributed by atoms with van der Waals surface area (Å²) >= 11 is 3.88. The van der Waals surface area contributed by atoms with Crippen LogP contribution < -0.4 is 0 Å². The van der Waals surface area contributed by atoms with Gasteiger partial charge in [0.25, 0.3) is 0 Å². The average Bonchev–Trinajstić information content (AvgIpc) is 2.14. The van der Waals surface area contributed by atoms with Crippen molar-refractivity contribution in [1.82, 2.24) is 4.90 Å². The van der Waals surface area contributed by atoms with Gasteiger partial charge in [-0.25, -0.2) is 0 Å². The van der Waals surface area contributed by atoms with Crippen molar-refractivity contribution in [3.8, 4) is 0 Å². The Kier molecular flexibility index (Phi) is 8.98. The maximum Gasteiger partial charge on any atom is 0.0560 e. The Labute approximate surface area is 91.3 Å². The van der Waals surface area contributed by atoms with Crippen molar-refractivity contribution in [2.75, 3.05) is 24.6 Å². The molecule has 0 heterocycles. The summed E-state index contributed by atoms with van der Waals surface area (Å²) in [6.45, 7) is 11.0. The van der Waals surface area contributed by atoms with Crippen LogP contribution in [0.15, 0.2) is 10.4 Å². The van der Waals surface area contributed by atoms with Crippen LogP contribution in [0.3, 0.4) is 0 Å². The Morgan fingerprint density at radius 3 is 1.77 bits per heavy atom. The van der Waals surface area contributed by atoms with Crippen molar-refractivity contribution in [3.63, 3.8) is 0 Å². The normalized spacial score (nSPS) is 9.85. The van der Waals surface area contributed by atoms with E-state index in [2.05, 4.69) is 38.8 Å². The van der Waals surface area contributed by atoms with E-state index in [-0.39, 0.29) is 0 Å². The number of rotatable bonds is 7.